The van der Waals surface area contributed by atoms with Gasteiger partial charge in [-0.3, -0.25) is 14.2 Å². The van der Waals surface area contributed by atoms with Crippen LogP contribution in [0, 0.1) is 5.92 Å². The van der Waals surface area contributed by atoms with Crippen molar-refractivity contribution in [3.63, 3.8) is 0 Å². The van der Waals surface area contributed by atoms with Gasteiger partial charge in [0.25, 0.3) is 0 Å². The number of amides is 2. The third-order valence-electron chi connectivity index (χ3n) is 6.11. The molecule has 35 heavy (non-hydrogen) atoms. The summed E-state index contributed by atoms with van der Waals surface area (Å²) in [7, 11) is 1.64. The maximum Gasteiger partial charge on any atom is 0.233 e. The Bertz CT molecular complexity index is 1140. The van der Waals surface area contributed by atoms with Gasteiger partial charge in [0.15, 0.2) is 11.0 Å². The summed E-state index contributed by atoms with van der Waals surface area (Å²) < 4.78 is 7.30. The number of thioether (sulfide) groups is 1. The summed E-state index contributed by atoms with van der Waals surface area (Å²) in [5, 5.41) is 12.5. The highest BCUT2D eigenvalue weighted by atomic mass is 32.2. The van der Waals surface area contributed by atoms with Crippen LogP contribution in [0.4, 0.5) is 5.69 Å². The average Bonchev–Trinajstić information content (AvgIpc) is 3.32. The minimum absolute atomic E-state index is 0.0220. The van der Waals surface area contributed by atoms with Crippen LogP contribution >= 0.6 is 11.8 Å². The molecule has 1 aromatic heterocycles. The van der Waals surface area contributed by atoms with Crippen molar-refractivity contribution in [1.82, 2.24) is 19.7 Å². The number of benzene rings is 2. The second-order valence-electron chi connectivity index (χ2n) is 8.80. The van der Waals surface area contributed by atoms with Gasteiger partial charge in [-0.15, -0.1) is 10.2 Å². The highest BCUT2D eigenvalue weighted by Gasteiger charge is 2.28. The zero-order valence-corrected chi connectivity index (χ0v) is 21.1. The van der Waals surface area contributed by atoms with Crippen LogP contribution in [0.25, 0.3) is 11.4 Å². The fraction of sp³-hybridized carbons (Fsp3) is 0.385. The number of hydrogen-bond acceptors (Lipinski definition) is 6. The smallest absolute Gasteiger partial charge is 0.233 e. The van der Waals surface area contributed by atoms with Gasteiger partial charge < -0.3 is 15.0 Å². The highest BCUT2D eigenvalue weighted by molar-refractivity contribution is 7.99. The topological polar surface area (TPSA) is 89.4 Å². The van der Waals surface area contributed by atoms with Gasteiger partial charge in [-0.1, -0.05) is 30.0 Å². The highest BCUT2D eigenvalue weighted by Crippen LogP contribution is 2.29. The first-order valence-electron chi connectivity index (χ1n) is 11.8. The number of aromatic nitrogens is 3. The minimum atomic E-state index is -0.0806. The van der Waals surface area contributed by atoms with Crippen molar-refractivity contribution in [3.05, 3.63) is 54.6 Å². The van der Waals surface area contributed by atoms with Crippen LogP contribution in [0.15, 0.2) is 59.8 Å². The second-order valence-corrected chi connectivity index (χ2v) is 9.74. The van der Waals surface area contributed by atoms with Crippen LogP contribution in [0.5, 0.6) is 5.75 Å². The van der Waals surface area contributed by atoms with Crippen LogP contribution in [-0.2, 0) is 9.59 Å². The van der Waals surface area contributed by atoms with Crippen molar-refractivity contribution in [3.8, 4) is 17.1 Å². The number of para-hydroxylation sites is 1. The summed E-state index contributed by atoms with van der Waals surface area (Å²) in [4.78, 5) is 27.3. The van der Waals surface area contributed by atoms with Crippen LogP contribution in [0.1, 0.15) is 32.7 Å². The van der Waals surface area contributed by atoms with Gasteiger partial charge in [0.1, 0.15) is 5.75 Å². The van der Waals surface area contributed by atoms with Crippen molar-refractivity contribution >= 4 is 29.3 Å². The molecule has 8 nitrogen and oxygen atoms in total. The van der Waals surface area contributed by atoms with E-state index in [0.717, 1.165) is 28.0 Å². The van der Waals surface area contributed by atoms with E-state index >= 15 is 0 Å². The molecule has 2 aromatic carbocycles. The van der Waals surface area contributed by atoms with E-state index in [1.165, 1.54) is 11.8 Å². The monoisotopic (exact) mass is 493 g/mol. The molecule has 1 aliphatic rings. The molecule has 1 saturated heterocycles. The summed E-state index contributed by atoms with van der Waals surface area (Å²) in [5.41, 5.74) is 1.75. The zero-order chi connectivity index (χ0) is 24.8. The van der Waals surface area contributed by atoms with Crippen molar-refractivity contribution < 1.29 is 14.3 Å². The zero-order valence-electron chi connectivity index (χ0n) is 20.3. The molecule has 3 aromatic rings. The molecule has 4 rings (SSSR count). The van der Waals surface area contributed by atoms with Gasteiger partial charge in [-0.25, -0.2) is 0 Å². The van der Waals surface area contributed by atoms with Crippen molar-refractivity contribution in [2.45, 2.75) is 37.9 Å². The summed E-state index contributed by atoms with van der Waals surface area (Å²) in [6.07, 6.45) is 1.33. The minimum Gasteiger partial charge on any atom is -0.497 e. The third kappa shape index (κ3) is 6.03. The number of nitrogens with one attached hydrogen (secondary N) is 1. The number of rotatable bonds is 8. The van der Waals surface area contributed by atoms with Gasteiger partial charge in [-0.05, 0) is 63.1 Å². The SMILES string of the molecule is COc1ccc(-c2nnc(SCC(=O)N3CCC(C(=O)Nc4ccccc4)CC3)n2C(C)C)cc1. The first kappa shape index (κ1) is 24.8. The molecular formula is C26H31N5O3S. The van der Waals surface area contributed by atoms with E-state index in [9.17, 15) is 9.59 Å². The van der Waals surface area contributed by atoms with Gasteiger partial charge in [0, 0.05) is 36.3 Å². The Morgan fingerprint density at radius 2 is 1.74 bits per heavy atom. The number of hydrogen-bond donors (Lipinski definition) is 1. The molecule has 1 aliphatic heterocycles. The van der Waals surface area contributed by atoms with Crippen LogP contribution in [0.2, 0.25) is 0 Å². The van der Waals surface area contributed by atoms with E-state index in [1.54, 1.807) is 7.11 Å². The number of likely N-dealkylation sites (tertiary alicyclic amines) is 1. The Labute approximate surface area is 210 Å². The normalized spacial score (nSPS) is 14.2. The van der Waals surface area contributed by atoms with Crippen LogP contribution in [-0.4, -0.2) is 57.4 Å². The van der Waals surface area contributed by atoms with E-state index < -0.39 is 0 Å². The van der Waals surface area contributed by atoms with E-state index in [1.807, 2.05) is 59.5 Å². The molecule has 2 amide bonds. The number of carbonyl (C=O) groups excluding carboxylic acids is 2. The van der Waals surface area contributed by atoms with Crippen LogP contribution in [0.3, 0.4) is 0 Å². The lowest BCUT2D eigenvalue weighted by Gasteiger charge is -2.31. The van der Waals surface area contributed by atoms with Crippen LogP contribution < -0.4 is 10.1 Å². The molecule has 0 radical (unpaired) electrons. The van der Waals surface area contributed by atoms with Gasteiger partial charge in [0.05, 0.1) is 12.9 Å². The molecule has 0 bridgehead atoms. The number of methoxy groups -OCH3 is 1. The summed E-state index contributed by atoms with van der Waals surface area (Å²) in [6.45, 7) is 5.32. The quantitative estimate of drug-likeness (QED) is 0.465. The number of anilines is 1. The molecule has 1 N–H and O–H groups in total. The standard InChI is InChI=1S/C26H31N5O3S/c1-18(2)31-24(19-9-11-22(34-3)12-10-19)28-29-26(31)35-17-23(32)30-15-13-20(14-16-30)25(33)27-21-7-5-4-6-8-21/h4-12,18,20H,13-17H2,1-3H3,(H,27,33). The maximum atomic E-state index is 12.9. The van der Waals surface area contributed by atoms with Gasteiger partial charge >= 0.3 is 0 Å². The Balaban J connectivity index is 1.32. The molecule has 0 unspecified atom stereocenters. The molecule has 2 heterocycles. The molecule has 0 saturated carbocycles. The summed E-state index contributed by atoms with van der Waals surface area (Å²) in [6, 6.07) is 17.3. The molecule has 0 aliphatic carbocycles. The maximum absolute atomic E-state index is 12.9. The first-order valence-corrected chi connectivity index (χ1v) is 12.8. The third-order valence-corrected chi connectivity index (χ3v) is 7.04. The van der Waals surface area contributed by atoms with E-state index in [0.29, 0.717) is 25.9 Å². The average molecular weight is 494 g/mol. The largest absolute Gasteiger partial charge is 0.497 e. The number of piperidine rings is 1. The molecule has 1 fully saturated rings. The van der Waals surface area contributed by atoms with E-state index in [-0.39, 0.29) is 29.5 Å². The Hall–Kier alpha value is -3.33. The Morgan fingerprint density at radius 3 is 2.37 bits per heavy atom. The van der Waals surface area contributed by atoms with Crippen molar-refractivity contribution in [1.29, 1.82) is 0 Å². The van der Waals surface area contributed by atoms with Crippen molar-refractivity contribution in [2.24, 2.45) is 5.92 Å². The fourth-order valence-corrected chi connectivity index (χ4v) is 5.12. The Kier molecular flexibility index (Phi) is 8.07. The predicted octanol–water partition coefficient (Wildman–Crippen LogP) is 4.50. The van der Waals surface area contributed by atoms with E-state index in [4.69, 9.17) is 4.74 Å². The molecule has 9 heteroatoms. The van der Waals surface area contributed by atoms with E-state index in [2.05, 4.69) is 33.9 Å². The summed E-state index contributed by atoms with van der Waals surface area (Å²) in [5.74, 6) is 1.83. The molecular weight excluding hydrogens is 462 g/mol. The van der Waals surface area contributed by atoms with Gasteiger partial charge in [-0.2, -0.15) is 0 Å². The lowest BCUT2D eigenvalue weighted by Crippen LogP contribution is -2.42. The summed E-state index contributed by atoms with van der Waals surface area (Å²) >= 11 is 1.40. The first-order chi connectivity index (χ1) is 17.0. The van der Waals surface area contributed by atoms with Gasteiger partial charge in [0.2, 0.25) is 11.8 Å². The lowest BCUT2D eigenvalue weighted by atomic mass is 9.96. The lowest BCUT2D eigenvalue weighted by molar-refractivity contribution is -0.132. The second kappa shape index (κ2) is 11.4. The number of nitrogens with zero attached hydrogens (tertiary/aromatic N) is 4. The Morgan fingerprint density at radius 1 is 1.06 bits per heavy atom. The number of ether oxygens (including phenoxy) is 1. The molecule has 0 atom stereocenters. The fourth-order valence-electron chi connectivity index (χ4n) is 4.15. The molecule has 0 spiro atoms. The predicted molar refractivity (Wildman–Crippen MR) is 137 cm³/mol. The molecule has 184 valence electrons. The van der Waals surface area contributed by atoms with Crippen molar-refractivity contribution in [2.75, 3.05) is 31.3 Å². The number of carbonyl (C=O) groups is 2.